The molecule has 0 saturated carbocycles. The molecule has 3 aliphatic rings. The number of unbranched alkanes of at least 4 members (excludes halogenated alkanes) is 16. The van der Waals surface area contributed by atoms with E-state index in [1.54, 1.807) is 11.8 Å². The Labute approximate surface area is 514 Å². The van der Waals surface area contributed by atoms with Gasteiger partial charge in [-0.3, -0.25) is 19.4 Å². The van der Waals surface area contributed by atoms with Crippen molar-refractivity contribution in [3.63, 3.8) is 0 Å². The van der Waals surface area contributed by atoms with Gasteiger partial charge in [-0.1, -0.05) is 157 Å². The van der Waals surface area contributed by atoms with Gasteiger partial charge in [0.2, 0.25) is 17.6 Å². The summed E-state index contributed by atoms with van der Waals surface area (Å²) in [5.74, 6) is 6.83. The first kappa shape index (κ1) is 71.6. The minimum absolute atomic E-state index is 0.00448. The molecule has 1 aliphatic heterocycles. The lowest BCUT2D eigenvalue weighted by atomic mass is 9.75. The molecule has 0 fully saturated rings. The smallest absolute Gasteiger partial charge is 0.224 e. The summed E-state index contributed by atoms with van der Waals surface area (Å²) in [5.41, 5.74) is 6.59. The van der Waals surface area contributed by atoms with Gasteiger partial charge in [-0.05, 0) is 164 Å². The molecule has 0 aromatic heterocycles. The van der Waals surface area contributed by atoms with Gasteiger partial charge in [-0.25, -0.2) is 0 Å². The molecule has 0 spiro atoms. The highest BCUT2D eigenvalue weighted by Crippen LogP contribution is 2.52. The van der Waals surface area contributed by atoms with Crippen LogP contribution in [0.3, 0.4) is 0 Å². The number of nitrogens with zero attached hydrogens (tertiary/aromatic N) is 2. The number of aliphatic imine (C=N–C) groups is 1. The number of thioether (sulfide) groups is 3. The third kappa shape index (κ3) is 21.8. The van der Waals surface area contributed by atoms with Gasteiger partial charge in [-0.15, -0.1) is 0 Å². The van der Waals surface area contributed by atoms with E-state index < -0.39 is 0 Å². The fourth-order valence-electron chi connectivity index (χ4n) is 11.9. The van der Waals surface area contributed by atoms with E-state index in [0.29, 0.717) is 46.5 Å². The lowest BCUT2D eigenvalue weighted by Crippen LogP contribution is -2.42. The van der Waals surface area contributed by atoms with Gasteiger partial charge in [0.15, 0.2) is 5.76 Å². The molecule has 4 rings (SSSR count). The molecule has 0 saturated heterocycles. The Hall–Kier alpha value is -2.93. The summed E-state index contributed by atoms with van der Waals surface area (Å²) >= 11 is 6.01. The maximum Gasteiger partial charge on any atom is 0.224 e. The highest BCUT2D eigenvalue weighted by Gasteiger charge is 2.47. The number of hydrogen-bond donors (Lipinski definition) is 2. The summed E-state index contributed by atoms with van der Waals surface area (Å²) in [6, 6.07) is 4.55. The van der Waals surface area contributed by atoms with Gasteiger partial charge in [0.25, 0.3) is 0 Å². The highest BCUT2D eigenvalue weighted by molar-refractivity contribution is 8.00. The molecule has 9 nitrogen and oxygen atoms in total. The number of rotatable bonds is 43. The van der Waals surface area contributed by atoms with Crippen molar-refractivity contribution in [2.45, 2.75) is 285 Å². The second kappa shape index (κ2) is 37.6. The summed E-state index contributed by atoms with van der Waals surface area (Å²) in [7, 11) is 1.45. The van der Waals surface area contributed by atoms with Gasteiger partial charge in [-0.2, -0.15) is 40.2 Å². The average molecular weight is 1190 g/mol. The molecular weight excluding hydrogens is 1070 g/mol. The standard InChI is InChI=1S/C70H116N4O5S3/c1-16-20-38-53(18-3)48-81-42-36-32-28-24-22-26-30-34-40-63(75)72-59-46-61(71-50(5)6)57(70(12,13)80-15)44-55(59)65-67(77)66(68(65)79-78-14)56-45-58-62(74(51(7)8)52(9)69(58,10)11)47-60(56)73-64(76)41-35-31-27-23-25-29-33-37-43-82-49-54(19-4)39-21-17-2/h44-47,50-54H,16-43,48-49H2,1-15H3,(H,72,75)(H,73,76)/b65-55-,71-61+. The Morgan fingerprint density at radius 3 is 1.67 bits per heavy atom. The van der Waals surface area contributed by atoms with Crippen LogP contribution < -0.4 is 15.5 Å². The van der Waals surface area contributed by atoms with Crippen LogP contribution in [0.4, 0.5) is 11.4 Å². The minimum atomic E-state index is -0.384. The quantitative estimate of drug-likeness (QED) is 0.0286. The van der Waals surface area contributed by atoms with Gasteiger partial charge in [0.05, 0.1) is 35.4 Å². The van der Waals surface area contributed by atoms with Gasteiger partial charge < -0.3 is 20.4 Å². The van der Waals surface area contributed by atoms with Crippen LogP contribution in [-0.2, 0) is 29.6 Å². The summed E-state index contributed by atoms with van der Waals surface area (Å²) < 4.78 is -0.384. The summed E-state index contributed by atoms with van der Waals surface area (Å²) in [6.45, 7) is 28.9. The molecule has 0 bridgehead atoms. The predicted octanol–water partition coefficient (Wildman–Crippen LogP) is 19.5. The van der Waals surface area contributed by atoms with Crippen molar-refractivity contribution in [3.8, 4) is 0 Å². The third-order valence-electron chi connectivity index (χ3n) is 17.7. The third-order valence-corrected chi connectivity index (χ3v) is 21.5. The zero-order valence-corrected chi connectivity index (χ0v) is 57.0. The SMILES string of the molecule is CCCCC(CC)CSCCCCCCCCCCC(=O)NC1=CC(=N\C(C)C)/C(C(C)(C)SC)=CC/1=C1\C(=O)C(c2cc3c(cc2NC(=O)CCCCCCCCCCSCC(CC)CCCC)N(C(C)C)C(C)C3(C)C)=C1OOC. The van der Waals surface area contributed by atoms with E-state index >= 15 is 4.79 Å². The first-order valence-corrected chi connectivity index (χ1v) is 36.4. The molecular formula is C70H116N4O5S3. The molecule has 12 heteroatoms. The molecule has 1 aromatic rings. The molecule has 3 atom stereocenters. The molecule has 1 heterocycles. The molecule has 0 radical (unpaired) electrons. The Balaban J connectivity index is 1.53. The van der Waals surface area contributed by atoms with Crippen molar-refractivity contribution < 1.29 is 24.2 Å². The van der Waals surface area contributed by atoms with Crippen molar-refractivity contribution in [2.75, 3.05) is 46.6 Å². The monoisotopic (exact) mass is 1190 g/mol. The number of Topliss-reactive ketones (excluding diaryl/α,β-unsaturated/α-hetero) is 1. The molecule has 2 amide bonds. The molecule has 464 valence electrons. The number of fused-ring (bicyclic) bond motifs is 1. The largest absolute Gasteiger partial charge is 0.365 e. The number of benzene rings is 1. The first-order valence-electron chi connectivity index (χ1n) is 32.9. The van der Waals surface area contributed by atoms with Crippen LogP contribution in [0.15, 0.2) is 57.5 Å². The van der Waals surface area contributed by atoms with Crippen LogP contribution in [0.5, 0.6) is 0 Å². The Morgan fingerprint density at radius 1 is 0.707 bits per heavy atom. The second-order valence-electron chi connectivity index (χ2n) is 25.6. The van der Waals surface area contributed by atoms with Crippen molar-refractivity contribution in [3.05, 3.63) is 63.6 Å². The zero-order valence-electron chi connectivity index (χ0n) is 54.6. The predicted molar refractivity (Wildman–Crippen MR) is 361 cm³/mol. The number of anilines is 2. The van der Waals surface area contributed by atoms with Gasteiger partial charge in [0.1, 0.15) is 0 Å². The topological polar surface area (TPSA) is 109 Å². The van der Waals surface area contributed by atoms with E-state index in [2.05, 4.69) is 147 Å². The van der Waals surface area contributed by atoms with E-state index in [0.717, 1.165) is 72.9 Å². The fraction of sp³-hybridized carbons (Fsp3) is 0.743. The minimum Gasteiger partial charge on any atom is -0.365 e. The van der Waals surface area contributed by atoms with Crippen molar-refractivity contribution in [2.24, 2.45) is 16.8 Å². The summed E-state index contributed by atoms with van der Waals surface area (Å²) in [4.78, 5) is 62.5. The second-order valence-corrected chi connectivity index (χ2v) is 29.3. The van der Waals surface area contributed by atoms with Crippen LogP contribution >= 0.6 is 35.3 Å². The number of hydrogen-bond acceptors (Lipinski definition) is 10. The molecule has 2 N–H and O–H groups in total. The van der Waals surface area contributed by atoms with Crippen molar-refractivity contribution in [1.29, 1.82) is 0 Å². The molecule has 82 heavy (non-hydrogen) atoms. The maximum atomic E-state index is 15.3. The Kier molecular flexibility index (Phi) is 32.8. The van der Waals surface area contributed by atoms with E-state index in [-0.39, 0.29) is 51.6 Å². The number of nitrogens with one attached hydrogen (secondary N) is 2. The number of amides is 2. The van der Waals surface area contributed by atoms with Gasteiger partial charge in [0, 0.05) is 58.0 Å². The highest BCUT2D eigenvalue weighted by atomic mass is 32.2. The number of carbonyl (C=O) groups excluding carboxylic acids is 3. The number of carbonyl (C=O) groups is 3. The Morgan fingerprint density at radius 2 is 1.21 bits per heavy atom. The van der Waals surface area contributed by atoms with Crippen molar-refractivity contribution in [1.82, 2.24) is 5.32 Å². The lowest BCUT2D eigenvalue weighted by Gasteiger charge is -2.34. The first-order chi connectivity index (χ1) is 39.3. The Bertz CT molecular complexity index is 2310. The van der Waals surface area contributed by atoms with Crippen LogP contribution in [0.2, 0.25) is 0 Å². The fourth-order valence-corrected chi connectivity index (χ4v) is 14.9. The van der Waals surface area contributed by atoms with Crippen LogP contribution in [0, 0.1) is 11.8 Å². The van der Waals surface area contributed by atoms with Crippen LogP contribution in [-0.4, -0.2) is 82.6 Å². The maximum absolute atomic E-state index is 15.3. The van der Waals surface area contributed by atoms with Crippen LogP contribution in [0.1, 0.15) is 268 Å². The van der Waals surface area contributed by atoms with E-state index in [1.807, 2.05) is 12.2 Å². The normalized spacial score (nSPS) is 18.3. The number of ketones is 1. The van der Waals surface area contributed by atoms with E-state index in [1.165, 1.54) is 146 Å². The average Bonchev–Trinajstić information content (AvgIpc) is 3.87. The van der Waals surface area contributed by atoms with Crippen LogP contribution in [0.25, 0.3) is 5.57 Å². The molecule has 1 aromatic carbocycles. The summed E-state index contributed by atoms with van der Waals surface area (Å²) in [6.07, 6.45) is 36.0. The van der Waals surface area contributed by atoms with E-state index in [4.69, 9.17) is 14.8 Å². The lowest BCUT2D eigenvalue weighted by molar-refractivity contribution is -0.235. The zero-order chi connectivity index (χ0) is 60.2. The molecule has 2 aliphatic carbocycles. The summed E-state index contributed by atoms with van der Waals surface area (Å²) in [5, 5.41) is 6.57. The van der Waals surface area contributed by atoms with Gasteiger partial charge >= 0.3 is 0 Å². The number of allylic oxidation sites excluding steroid dienone is 4. The van der Waals surface area contributed by atoms with E-state index in [9.17, 15) is 9.59 Å². The van der Waals surface area contributed by atoms with Crippen molar-refractivity contribution >= 4 is 75.5 Å². The molecule has 3 unspecified atom stereocenters.